The Morgan fingerprint density at radius 3 is 2.51 bits per heavy atom. The maximum Gasteiger partial charge on any atom is 0.258 e. The molecule has 0 unspecified atom stereocenters. The lowest BCUT2D eigenvalue weighted by atomic mass is 9.95. The van der Waals surface area contributed by atoms with Gasteiger partial charge in [0.1, 0.15) is 11.6 Å². The van der Waals surface area contributed by atoms with Gasteiger partial charge in [-0.1, -0.05) is 0 Å². The van der Waals surface area contributed by atoms with Gasteiger partial charge in [0, 0.05) is 50.1 Å². The van der Waals surface area contributed by atoms with Crippen molar-refractivity contribution in [3.05, 3.63) is 41.5 Å². The number of piperidine rings is 2. The second-order valence-corrected chi connectivity index (χ2v) is 10.1. The van der Waals surface area contributed by atoms with Crippen LogP contribution in [0.5, 0.6) is 0 Å². The maximum atomic E-state index is 13.6. The van der Waals surface area contributed by atoms with E-state index < -0.39 is 23.7 Å². The number of benzene rings is 1. The van der Waals surface area contributed by atoms with E-state index in [2.05, 4.69) is 10.3 Å². The van der Waals surface area contributed by atoms with Gasteiger partial charge >= 0.3 is 0 Å². The smallest absolute Gasteiger partial charge is 0.258 e. The Kier molecular flexibility index (Phi) is 5.80. The topological polar surface area (TPSA) is 74.5 Å². The van der Waals surface area contributed by atoms with E-state index in [1.165, 1.54) is 0 Å². The molecule has 1 aliphatic carbocycles. The average molecular weight is 492 g/mol. The Balaban J connectivity index is 1.34. The minimum atomic E-state index is -2.66. The molecule has 2 aliphatic heterocycles. The lowest BCUT2D eigenvalue weighted by molar-refractivity contribution is -0.0221. The van der Waals surface area contributed by atoms with Gasteiger partial charge in [-0.15, -0.1) is 0 Å². The van der Waals surface area contributed by atoms with E-state index in [1.54, 1.807) is 29.2 Å². The van der Waals surface area contributed by atoms with Crippen molar-refractivity contribution in [1.82, 2.24) is 4.98 Å². The van der Waals surface area contributed by atoms with E-state index in [4.69, 9.17) is 5.73 Å². The van der Waals surface area contributed by atoms with Gasteiger partial charge in [0.15, 0.2) is 0 Å². The van der Waals surface area contributed by atoms with Gasteiger partial charge in [-0.3, -0.25) is 4.79 Å². The molecule has 0 bridgehead atoms. The standard InChI is InChI=1S/C25H29F4N5O/c1-15-10-20(31-21(11-15)33-8-5-25(28,29)6-9-33)32-22(35)18-3-2-17(30)12-19(18)34-7-4-24(23(26)27)13-16(24)14-34/h2-3,10-12,16,23H,4-9,13-14,30H2,1H3,(H,31,32,35)/t16-,24+/m0/s1. The number of anilines is 4. The highest BCUT2D eigenvalue weighted by molar-refractivity contribution is 6.08. The first-order valence-corrected chi connectivity index (χ1v) is 11.9. The molecule has 1 saturated carbocycles. The summed E-state index contributed by atoms with van der Waals surface area (Å²) >= 11 is 0. The normalized spacial score (nSPS) is 25.4. The Labute approximate surface area is 201 Å². The molecular formula is C25H29F4N5O. The van der Waals surface area contributed by atoms with Crippen molar-refractivity contribution >= 4 is 28.9 Å². The largest absolute Gasteiger partial charge is 0.399 e. The van der Waals surface area contributed by atoms with Crippen molar-refractivity contribution < 1.29 is 22.4 Å². The number of amides is 1. The van der Waals surface area contributed by atoms with E-state index in [-0.39, 0.29) is 31.8 Å². The van der Waals surface area contributed by atoms with Crippen LogP contribution in [-0.4, -0.2) is 49.4 Å². The molecule has 3 fully saturated rings. The number of aromatic nitrogens is 1. The molecule has 6 nitrogen and oxygen atoms in total. The van der Waals surface area contributed by atoms with Crippen LogP contribution in [0.15, 0.2) is 30.3 Å². The fourth-order valence-corrected chi connectivity index (χ4v) is 5.37. The van der Waals surface area contributed by atoms with Gasteiger partial charge in [-0.2, -0.15) is 0 Å². The predicted octanol–water partition coefficient (Wildman–Crippen LogP) is 4.94. The molecule has 5 rings (SSSR count). The maximum absolute atomic E-state index is 13.6. The summed E-state index contributed by atoms with van der Waals surface area (Å²) < 4.78 is 54.1. The van der Waals surface area contributed by atoms with Crippen LogP contribution in [0, 0.1) is 18.3 Å². The quantitative estimate of drug-likeness (QED) is 0.458. The number of hydrogen-bond acceptors (Lipinski definition) is 5. The first kappa shape index (κ1) is 23.7. The van der Waals surface area contributed by atoms with Crippen LogP contribution < -0.4 is 20.9 Å². The summed E-state index contributed by atoms with van der Waals surface area (Å²) in [6.45, 7) is 3.12. The lowest BCUT2D eigenvalue weighted by Gasteiger charge is -2.34. The Bertz CT molecular complexity index is 1130. The van der Waals surface area contributed by atoms with Crippen LogP contribution in [0.1, 0.15) is 41.6 Å². The van der Waals surface area contributed by atoms with E-state index in [0.717, 1.165) is 5.56 Å². The highest BCUT2D eigenvalue weighted by Gasteiger charge is 2.62. The molecule has 1 aromatic carbocycles. The molecule has 1 aromatic heterocycles. The molecule has 2 aromatic rings. The summed E-state index contributed by atoms with van der Waals surface area (Å²) in [5.74, 6) is -2.28. The molecule has 3 aliphatic rings. The summed E-state index contributed by atoms with van der Waals surface area (Å²) in [4.78, 5) is 21.6. The van der Waals surface area contributed by atoms with Gasteiger partial charge in [0.25, 0.3) is 11.8 Å². The first-order chi connectivity index (χ1) is 16.6. The Hall–Kier alpha value is -3.04. The van der Waals surface area contributed by atoms with Gasteiger partial charge in [0.2, 0.25) is 6.43 Å². The highest BCUT2D eigenvalue weighted by atomic mass is 19.3. The number of nitrogen functional groups attached to an aromatic ring is 1. The number of hydrogen-bond donors (Lipinski definition) is 2. The molecule has 0 spiro atoms. The minimum absolute atomic E-state index is 0.0912. The number of nitrogens with one attached hydrogen (secondary N) is 1. The van der Waals surface area contributed by atoms with Crippen molar-refractivity contribution in [1.29, 1.82) is 0 Å². The summed E-state index contributed by atoms with van der Waals surface area (Å²) in [6.07, 6.45) is -1.91. The van der Waals surface area contributed by atoms with Crippen LogP contribution in [0.25, 0.3) is 0 Å². The van der Waals surface area contributed by atoms with E-state index in [9.17, 15) is 22.4 Å². The Morgan fingerprint density at radius 2 is 1.83 bits per heavy atom. The second-order valence-electron chi connectivity index (χ2n) is 10.1. The average Bonchev–Trinajstić information content (AvgIpc) is 3.54. The van der Waals surface area contributed by atoms with Gasteiger partial charge in [0.05, 0.1) is 11.3 Å². The number of carbonyl (C=O) groups is 1. The summed E-state index contributed by atoms with van der Waals surface area (Å²) in [7, 11) is 0. The number of nitrogens with two attached hydrogens (primary N) is 1. The number of carbonyl (C=O) groups excluding carboxylic acids is 1. The molecule has 0 radical (unpaired) electrons. The molecule has 3 N–H and O–H groups in total. The fourth-order valence-electron chi connectivity index (χ4n) is 5.37. The van der Waals surface area contributed by atoms with Crippen LogP contribution in [0.2, 0.25) is 0 Å². The molecule has 10 heteroatoms. The van der Waals surface area contributed by atoms with Gasteiger partial charge in [-0.05, 0) is 61.6 Å². The molecule has 3 heterocycles. The van der Waals surface area contributed by atoms with Crippen LogP contribution >= 0.6 is 0 Å². The molecule has 35 heavy (non-hydrogen) atoms. The zero-order valence-corrected chi connectivity index (χ0v) is 19.5. The number of halogens is 4. The third-order valence-electron chi connectivity index (χ3n) is 7.63. The number of aryl methyl sites for hydroxylation is 1. The second kappa shape index (κ2) is 8.57. The van der Waals surface area contributed by atoms with Crippen molar-refractivity contribution in [3.63, 3.8) is 0 Å². The fraction of sp³-hybridized carbons (Fsp3) is 0.520. The van der Waals surface area contributed by atoms with Crippen LogP contribution in [-0.2, 0) is 0 Å². The summed E-state index contributed by atoms with van der Waals surface area (Å²) in [6, 6.07) is 8.50. The van der Waals surface area contributed by atoms with E-state index in [1.807, 2.05) is 17.9 Å². The van der Waals surface area contributed by atoms with Crippen molar-refractivity contribution in [2.45, 2.75) is 45.0 Å². The number of nitrogens with zero attached hydrogens (tertiary/aromatic N) is 3. The molecule has 2 atom stereocenters. The van der Waals surface area contributed by atoms with Crippen molar-refractivity contribution in [2.75, 3.05) is 47.0 Å². The first-order valence-electron chi connectivity index (χ1n) is 11.9. The summed E-state index contributed by atoms with van der Waals surface area (Å²) in [5, 5.41) is 2.83. The van der Waals surface area contributed by atoms with Crippen LogP contribution in [0.4, 0.5) is 40.6 Å². The van der Waals surface area contributed by atoms with Gasteiger partial charge < -0.3 is 20.9 Å². The summed E-state index contributed by atoms with van der Waals surface area (Å²) in [5.41, 5.74) is 7.44. The molecular weight excluding hydrogens is 462 g/mol. The van der Waals surface area contributed by atoms with E-state index >= 15 is 0 Å². The molecule has 2 saturated heterocycles. The van der Waals surface area contributed by atoms with E-state index in [0.29, 0.717) is 54.5 Å². The number of pyridine rings is 1. The zero-order chi connectivity index (χ0) is 25.0. The molecule has 188 valence electrons. The third kappa shape index (κ3) is 4.62. The van der Waals surface area contributed by atoms with Crippen molar-refractivity contribution in [3.8, 4) is 0 Å². The van der Waals surface area contributed by atoms with Crippen LogP contribution in [0.3, 0.4) is 0 Å². The minimum Gasteiger partial charge on any atom is -0.399 e. The van der Waals surface area contributed by atoms with Crippen molar-refractivity contribution in [2.24, 2.45) is 11.3 Å². The Morgan fingerprint density at radius 1 is 1.11 bits per heavy atom. The highest BCUT2D eigenvalue weighted by Crippen LogP contribution is 2.61. The number of fused-ring (bicyclic) bond motifs is 1. The van der Waals surface area contributed by atoms with Gasteiger partial charge in [-0.25, -0.2) is 22.5 Å². The molecule has 1 amide bonds. The number of alkyl halides is 4. The number of rotatable bonds is 5. The predicted molar refractivity (Wildman–Crippen MR) is 128 cm³/mol. The zero-order valence-electron chi connectivity index (χ0n) is 19.5. The lowest BCUT2D eigenvalue weighted by Crippen LogP contribution is -2.39. The SMILES string of the molecule is Cc1cc(NC(=O)c2ccc(N)cc2N2CC[C@@]3(C(F)F)C[C@H]3C2)nc(N2CCC(F)(F)CC2)c1. The monoisotopic (exact) mass is 491 g/mol. The third-order valence-corrected chi connectivity index (χ3v) is 7.63.